The lowest BCUT2D eigenvalue weighted by Crippen LogP contribution is -2.34. The number of nitrogens with one attached hydrogen (secondary N) is 2. The molecule has 2 amide bonds. The first kappa shape index (κ1) is 21.0. The lowest BCUT2D eigenvalue weighted by Gasteiger charge is -2.19. The highest BCUT2D eigenvalue weighted by atomic mass is 79.9. The second-order valence-corrected chi connectivity index (χ2v) is 7.26. The predicted molar refractivity (Wildman–Crippen MR) is 97.3 cm³/mol. The fourth-order valence-corrected chi connectivity index (χ4v) is 2.23. The van der Waals surface area contributed by atoms with Gasteiger partial charge in [0.05, 0.1) is 6.42 Å². The van der Waals surface area contributed by atoms with Crippen molar-refractivity contribution in [2.75, 3.05) is 18.5 Å². The Bertz CT molecular complexity index is 640. The van der Waals surface area contributed by atoms with E-state index in [-0.39, 0.29) is 19.6 Å². The molecule has 0 aliphatic carbocycles. The van der Waals surface area contributed by atoms with Gasteiger partial charge in [-0.1, -0.05) is 15.9 Å². The maximum absolute atomic E-state index is 11.8. The quantitative estimate of drug-likeness (QED) is 0.697. The number of ether oxygens (including phenoxy) is 2. The molecule has 8 heteroatoms. The molecule has 0 saturated carbocycles. The van der Waals surface area contributed by atoms with Crippen LogP contribution in [-0.4, -0.2) is 36.7 Å². The fraction of sp³-hybridized carbons (Fsp3) is 0.471. The summed E-state index contributed by atoms with van der Waals surface area (Å²) in [6.07, 6.45) is -0.659. The summed E-state index contributed by atoms with van der Waals surface area (Å²) in [7, 11) is 0. The highest BCUT2D eigenvalue weighted by molar-refractivity contribution is 9.10. The molecule has 2 N–H and O–H groups in total. The first-order chi connectivity index (χ1) is 11.6. The van der Waals surface area contributed by atoms with Gasteiger partial charge in [0.15, 0.2) is 6.61 Å². The van der Waals surface area contributed by atoms with E-state index in [1.807, 2.05) is 13.0 Å². The van der Waals surface area contributed by atoms with Crippen molar-refractivity contribution in [2.45, 2.75) is 39.7 Å². The molecule has 0 radical (unpaired) electrons. The van der Waals surface area contributed by atoms with Crippen molar-refractivity contribution in [1.82, 2.24) is 5.32 Å². The Morgan fingerprint density at radius 3 is 2.48 bits per heavy atom. The van der Waals surface area contributed by atoms with Gasteiger partial charge >= 0.3 is 12.1 Å². The highest BCUT2D eigenvalue weighted by Crippen LogP contribution is 2.19. The first-order valence-corrected chi connectivity index (χ1v) is 8.54. The molecule has 0 unspecified atom stereocenters. The number of aryl methyl sites for hydroxylation is 1. The summed E-state index contributed by atoms with van der Waals surface area (Å²) in [5.74, 6) is -1.02. The number of benzene rings is 1. The molecule has 0 fully saturated rings. The molecule has 0 bridgehead atoms. The van der Waals surface area contributed by atoms with E-state index in [0.717, 1.165) is 10.0 Å². The zero-order valence-corrected chi connectivity index (χ0v) is 16.4. The number of anilines is 1. The topological polar surface area (TPSA) is 93.7 Å². The van der Waals surface area contributed by atoms with Crippen LogP contribution in [0.4, 0.5) is 10.5 Å². The van der Waals surface area contributed by atoms with Crippen molar-refractivity contribution >= 4 is 39.6 Å². The zero-order valence-electron chi connectivity index (χ0n) is 14.8. The molecular formula is C17H23BrN2O5. The molecule has 1 rings (SSSR count). The number of hydrogen-bond acceptors (Lipinski definition) is 5. The second-order valence-electron chi connectivity index (χ2n) is 6.35. The van der Waals surface area contributed by atoms with Crippen molar-refractivity contribution in [1.29, 1.82) is 0 Å². The average molecular weight is 415 g/mol. The van der Waals surface area contributed by atoms with Crippen LogP contribution in [0.1, 0.15) is 32.8 Å². The molecule has 0 saturated heterocycles. The Hall–Kier alpha value is -2.09. The van der Waals surface area contributed by atoms with Gasteiger partial charge in [-0.25, -0.2) is 4.79 Å². The molecule has 0 spiro atoms. The lowest BCUT2D eigenvalue weighted by molar-refractivity contribution is -0.147. The molecule has 25 heavy (non-hydrogen) atoms. The van der Waals surface area contributed by atoms with E-state index in [2.05, 4.69) is 26.6 Å². The molecule has 0 heterocycles. The third kappa shape index (κ3) is 9.09. The van der Waals surface area contributed by atoms with Crippen LogP contribution >= 0.6 is 15.9 Å². The number of esters is 1. The highest BCUT2D eigenvalue weighted by Gasteiger charge is 2.16. The molecule has 1 aromatic rings. The Labute approximate surface area is 155 Å². The van der Waals surface area contributed by atoms with Gasteiger partial charge in [-0.05, 0) is 51.5 Å². The van der Waals surface area contributed by atoms with E-state index in [0.29, 0.717) is 5.69 Å². The lowest BCUT2D eigenvalue weighted by atomic mass is 10.2. The average Bonchev–Trinajstić information content (AvgIpc) is 2.46. The molecule has 138 valence electrons. The molecule has 1 aromatic carbocycles. The Morgan fingerprint density at radius 1 is 1.20 bits per heavy atom. The minimum Gasteiger partial charge on any atom is -0.456 e. The van der Waals surface area contributed by atoms with Crippen LogP contribution in [-0.2, 0) is 19.1 Å². The largest absolute Gasteiger partial charge is 0.456 e. The number of rotatable bonds is 6. The van der Waals surface area contributed by atoms with Crippen molar-refractivity contribution in [3.05, 3.63) is 28.2 Å². The summed E-state index contributed by atoms with van der Waals surface area (Å²) in [4.78, 5) is 34.8. The summed E-state index contributed by atoms with van der Waals surface area (Å²) >= 11 is 3.34. The molecular weight excluding hydrogens is 392 g/mol. The summed E-state index contributed by atoms with van der Waals surface area (Å²) in [5.41, 5.74) is 0.930. The maximum atomic E-state index is 11.8. The van der Waals surface area contributed by atoms with E-state index in [4.69, 9.17) is 9.47 Å². The number of carbonyl (C=O) groups excluding carboxylic acids is 3. The summed E-state index contributed by atoms with van der Waals surface area (Å²) in [6, 6.07) is 5.42. The minimum absolute atomic E-state index is 0.0518. The van der Waals surface area contributed by atoms with Crippen molar-refractivity contribution in [3.8, 4) is 0 Å². The van der Waals surface area contributed by atoms with Gasteiger partial charge in [0.1, 0.15) is 5.60 Å². The van der Waals surface area contributed by atoms with Crippen LogP contribution in [0.15, 0.2) is 22.7 Å². The second kappa shape index (κ2) is 9.41. The number of amides is 2. The smallest absolute Gasteiger partial charge is 0.407 e. The standard InChI is InChI=1S/C17H23BrN2O5/c1-11-9-12(18)5-6-13(11)20-14(21)10-24-15(22)7-8-19-16(23)25-17(2,3)4/h5-6,9H,7-8,10H2,1-4H3,(H,19,23)(H,20,21). The van der Waals surface area contributed by atoms with Gasteiger partial charge in [0.25, 0.3) is 5.91 Å². The van der Waals surface area contributed by atoms with E-state index in [9.17, 15) is 14.4 Å². The van der Waals surface area contributed by atoms with Crippen LogP contribution in [0, 0.1) is 6.92 Å². The van der Waals surface area contributed by atoms with E-state index in [1.165, 1.54) is 0 Å². The monoisotopic (exact) mass is 414 g/mol. The molecule has 0 aromatic heterocycles. The molecule has 7 nitrogen and oxygen atoms in total. The van der Waals surface area contributed by atoms with Crippen molar-refractivity contribution in [2.24, 2.45) is 0 Å². The van der Waals surface area contributed by atoms with Gasteiger partial charge < -0.3 is 20.1 Å². The normalized spacial score (nSPS) is 10.8. The summed E-state index contributed by atoms with van der Waals surface area (Å²) in [5, 5.41) is 5.11. The van der Waals surface area contributed by atoms with Crippen LogP contribution < -0.4 is 10.6 Å². The SMILES string of the molecule is Cc1cc(Br)ccc1NC(=O)COC(=O)CCNC(=O)OC(C)(C)C. The summed E-state index contributed by atoms with van der Waals surface area (Å²) in [6.45, 7) is 6.77. The number of alkyl carbamates (subject to hydrolysis) is 1. The third-order valence-corrected chi connectivity index (χ3v) is 3.32. The van der Waals surface area contributed by atoms with E-state index in [1.54, 1.807) is 32.9 Å². The van der Waals surface area contributed by atoms with Crippen molar-refractivity contribution < 1.29 is 23.9 Å². The molecule has 0 atom stereocenters. The minimum atomic E-state index is -0.608. The Balaban J connectivity index is 2.27. The number of halogens is 1. The van der Waals surface area contributed by atoms with Gasteiger partial charge in [0.2, 0.25) is 0 Å². The van der Waals surface area contributed by atoms with Crippen LogP contribution in [0.2, 0.25) is 0 Å². The Kier molecular flexibility index (Phi) is 7.89. The zero-order chi connectivity index (χ0) is 19.0. The first-order valence-electron chi connectivity index (χ1n) is 7.75. The molecule has 0 aliphatic rings. The Morgan fingerprint density at radius 2 is 1.88 bits per heavy atom. The van der Waals surface area contributed by atoms with Crippen molar-refractivity contribution in [3.63, 3.8) is 0 Å². The number of carbonyl (C=O) groups is 3. The fourth-order valence-electron chi connectivity index (χ4n) is 1.75. The predicted octanol–water partition coefficient (Wildman–Crippen LogP) is 3.15. The van der Waals surface area contributed by atoms with Crippen LogP contribution in [0.25, 0.3) is 0 Å². The van der Waals surface area contributed by atoms with Crippen LogP contribution in [0.3, 0.4) is 0 Å². The van der Waals surface area contributed by atoms with Crippen LogP contribution in [0.5, 0.6) is 0 Å². The van der Waals surface area contributed by atoms with Gasteiger partial charge in [-0.2, -0.15) is 0 Å². The third-order valence-electron chi connectivity index (χ3n) is 2.82. The van der Waals surface area contributed by atoms with E-state index >= 15 is 0 Å². The maximum Gasteiger partial charge on any atom is 0.407 e. The van der Waals surface area contributed by atoms with E-state index < -0.39 is 23.6 Å². The van der Waals surface area contributed by atoms with Gasteiger partial charge in [0, 0.05) is 16.7 Å². The van der Waals surface area contributed by atoms with Gasteiger partial charge in [-0.3, -0.25) is 9.59 Å². The summed E-state index contributed by atoms with van der Waals surface area (Å²) < 4.78 is 10.8. The van der Waals surface area contributed by atoms with Gasteiger partial charge in [-0.15, -0.1) is 0 Å². The molecule has 0 aliphatic heterocycles. The number of hydrogen-bond donors (Lipinski definition) is 2.